The van der Waals surface area contributed by atoms with Crippen molar-refractivity contribution >= 4 is 41.2 Å². The number of carbonyl (C=O) groups is 2. The van der Waals surface area contributed by atoms with E-state index in [2.05, 4.69) is 15.8 Å². The number of methoxy groups -OCH3 is 1. The molecule has 3 aromatic rings. The first kappa shape index (κ1) is 25.1. The van der Waals surface area contributed by atoms with Gasteiger partial charge < -0.3 is 14.8 Å². The Morgan fingerprint density at radius 3 is 2.35 bits per heavy atom. The van der Waals surface area contributed by atoms with Gasteiger partial charge in [-0.25, -0.2) is 5.43 Å². The summed E-state index contributed by atoms with van der Waals surface area (Å²) < 4.78 is 11.2. The molecule has 7 nitrogen and oxygen atoms in total. The lowest BCUT2D eigenvalue weighted by molar-refractivity contribution is -0.139. The average molecular weight is 500 g/mol. The van der Waals surface area contributed by atoms with Crippen molar-refractivity contribution in [3.05, 3.63) is 93.5 Å². The van der Waals surface area contributed by atoms with Crippen LogP contribution in [-0.2, 0) is 16.2 Å². The van der Waals surface area contributed by atoms with Crippen LogP contribution in [0.5, 0.6) is 11.5 Å². The Morgan fingerprint density at radius 2 is 1.68 bits per heavy atom. The number of benzene rings is 3. The van der Waals surface area contributed by atoms with Gasteiger partial charge >= 0.3 is 11.8 Å². The fourth-order valence-electron chi connectivity index (χ4n) is 3.01. The first-order valence-corrected chi connectivity index (χ1v) is 11.1. The summed E-state index contributed by atoms with van der Waals surface area (Å²) in [7, 11) is 1.51. The van der Waals surface area contributed by atoms with E-state index >= 15 is 0 Å². The molecule has 34 heavy (non-hydrogen) atoms. The summed E-state index contributed by atoms with van der Waals surface area (Å²) in [6, 6.07) is 19.3. The van der Waals surface area contributed by atoms with Crippen LogP contribution < -0.4 is 20.2 Å². The summed E-state index contributed by atoms with van der Waals surface area (Å²) in [4.78, 5) is 24.1. The summed E-state index contributed by atoms with van der Waals surface area (Å²) >= 11 is 12.4. The largest absolute Gasteiger partial charge is 0.493 e. The predicted octanol–water partition coefficient (Wildman–Crippen LogP) is 4.91. The SMILES string of the molecule is COc1cc(/C=N\NC(=O)C(=O)N[C@H](C)c2ccccc2)ccc1OCc1c(Cl)cccc1Cl. The van der Waals surface area contributed by atoms with Crippen molar-refractivity contribution in [2.24, 2.45) is 5.10 Å². The van der Waals surface area contributed by atoms with Gasteiger partial charge in [-0.15, -0.1) is 0 Å². The molecule has 0 bridgehead atoms. The van der Waals surface area contributed by atoms with E-state index in [1.165, 1.54) is 13.3 Å². The highest BCUT2D eigenvalue weighted by Gasteiger charge is 2.16. The summed E-state index contributed by atoms with van der Waals surface area (Å²) in [6.45, 7) is 1.95. The molecular weight excluding hydrogens is 477 g/mol. The molecule has 0 radical (unpaired) electrons. The Hall–Kier alpha value is -3.55. The molecular formula is C25H23Cl2N3O4. The number of ether oxygens (including phenoxy) is 2. The minimum Gasteiger partial charge on any atom is -0.493 e. The normalized spacial score (nSPS) is 11.6. The van der Waals surface area contributed by atoms with E-state index in [1.807, 2.05) is 30.3 Å². The number of hydrazone groups is 1. The van der Waals surface area contributed by atoms with Crippen LogP contribution in [0.4, 0.5) is 0 Å². The molecule has 0 unspecified atom stereocenters. The average Bonchev–Trinajstić information content (AvgIpc) is 2.84. The summed E-state index contributed by atoms with van der Waals surface area (Å²) in [6.07, 6.45) is 1.39. The minimum absolute atomic E-state index is 0.162. The summed E-state index contributed by atoms with van der Waals surface area (Å²) in [5.74, 6) is -0.725. The molecule has 0 saturated carbocycles. The molecule has 0 spiro atoms. The number of carbonyl (C=O) groups excluding carboxylic acids is 2. The van der Waals surface area contributed by atoms with Crippen LogP contribution in [0.25, 0.3) is 0 Å². The Kier molecular flexibility index (Phi) is 8.90. The first-order chi connectivity index (χ1) is 16.4. The number of halogens is 2. The number of hydrogen-bond acceptors (Lipinski definition) is 5. The maximum absolute atomic E-state index is 12.1. The Balaban J connectivity index is 1.57. The van der Waals surface area contributed by atoms with Gasteiger partial charge in [-0.2, -0.15) is 5.10 Å². The van der Waals surface area contributed by atoms with Gasteiger partial charge in [0.05, 0.1) is 19.4 Å². The molecule has 2 N–H and O–H groups in total. The lowest BCUT2D eigenvalue weighted by atomic mass is 10.1. The van der Waals surface area contributed by atoms with Crippen LogP contribution >= 0.6 is 23.2 Å². The molecule has 0 aromatic heterocycles. The highest BCUT2D eigenvalue weighted by atomic mass is 35.5. The third kappa shape index (κ3) is 6.73. The van der Waals surface area contributed by atoms with Crippen molar-refractivity contribution in [3.8, 4) is 11.5 Å². The Morgan fingerprint density at radius 1 is 0.971 bits per heavy atom. The molecule has 0 heterocycles. The number of rotatable bonds is 8. The van der Waals surface area contributed by atoms with Gasteiger partial charge in [-0.05, 0) is 48.4 Å². The van der Waals surface area contributed by atoms with Gasteiger partial charge in [-0.3, -0.25) is 9.59 Å². The molecule has 0 aliphatic rings. The highest BCUT2D eigenvalue weighted by Crippen LogP contribution is 2.31. The fourth-order valence-corrected chi connectivity index (χ4v) is 3.51. The maximum Gasteiger partial charge on any atom is 0.329 e. The Bertz CT molecular complexity index is 1170. The molecule has 2 amide bonds. The minimum atomic E-state index is -0.873. The molecule has 176 valence electrons. The maximum atomic E-state index is 12.1. The lowest BCUT2D eigenvalue weighted by Crippen LogP contribution is -2.39. The van der Waals surface area contributed by atoms with Crippen molar-refractivity contribution in [2.45, 2.75) is 19.6 Å². The third-order valence-electron chi connectivity index (χ3n) is 4.85. The van der Waals surface area contributed by atoms with Crippen molar-refractivity contribution < 1.29 is 19.1 Å². The smallest absolute Gasteiger partial charge is 0.329 e. The molecule has 0 aliphatic carbocycles. The van der Waals surface area contributed by atoms with Gasteiger partial charge in [0.15, 0.2) is 11.5 Å². The van der Waals surface area contributed by atoms with Gasteiger partial charge in [0.2, 0.25) is 0 Å². The lowest BCUT2D eigenvalue weighted by Gasteiger charge is -2.13. The van der Waals surface area contributed by atoms with Crippen LogP contribution in [0.3, 0.4) is 0 Å². The zero-order valence-electron chi connectivity index (χ0n) is 18.5. The second-order valence-electron chi connectivity index (χ2n) is 7.20. The van der Waals surface area contributed by atoms with Crippen molar-refractivity contribution in [1.29, 1.82) is 0 Å². The fraction of sp³-hybridized carbons (Fsp3) is 0.160. The molecule has 3 rings (SSSR count). The quantitative estimate of drug-likeness (QED) is 0.261. The van der Waals surface area contributed by atoms with Gasteiger partial charge in [0.1, 0.15) is 6.61 Å². The molecule has 0 saturated heterocycles. The number of nitrogens with one attached hydrogen (secondary N) is 2. The molecule has 9 heteroatoms. The van der Waals surface area contributed by atoms with Gasteiger partial charge in [-0.1, -0.05) is 59.6 Å². The second-order valence-corrected chi connectivity index (χ2v) is 8.02. The van der Waals surface area contributed by atoms with Crippen LogP contribution in [0.1, 0.15) is 29.7 Å². The van der Waals surface area contributed by atoms with Crippen LogP contribution in [0.2, 0.25) is 10.0 Å². The van der Waals surface area contributed by atoms with E-state index in [0.29, 0.717) is 32.7 Å². The van der Waals surface area contributed by atoms with E-state index < -0.39 is 11.8 Å². The summed E-state index contributed by atoms with van der Waals surface area (Å²) in [5, 5.41) is 7.49. The summed E-state index contributed by atoms with van der Waals surface area (Å²) in [5.41, 5.74) is 4.39. The number of hydrogen-bond donors (Lipinski definition) is 2. The number of nitrogens with zero attached hydrogens (tertiary/aromatic N) is 1. The molecule has 0 fully saturated rings. The molecule has 1 atom stereocenters. The van der Waals surface area contributed by atoms with Crippen LogP contribution in [0, 0.1) is 0 Å². The van der Waals surface area contributed by atoms with E-state index in [0.717, 1.165) is 5.56 Å². The van der Waals surface area contributed by atoms with Crippen molar-refractivity contribution in [3.63, 3.8) is 0 Å². The van der Waals surface area contributed by atoms with Crippen molar-refractivity contribution in [1.82, 2.24) is 10.7 Å². The van der Waals surface area contributed by atoms with Gasteiger partial charge in [0, 0.05) is 15.6 Å². The Labute approximate surface area is 207 Å². The zero-order valence-corrected chi connectivity index (χ0v) is 20.1. The monoisotopic (exact) mass is 499 g/mol. The third-order valence-corrected chi connectivity index (χ3v) is 5.56. The first-order valence-electron chi connectivity index (χ1n) is 10.3. The van der Waals surface area contributed by atoms with E-state index in [9.17, 15) is 9.59 Å². The van der Waals surface area contributed by atoms with E-state index in [4.69, 9.17) is 32.7 Å². The van der Waals surface area contributed by atoms with Crippen LogP contribution in [-0.4, -0.2) is 25.1 Å². The van der Waals surface area contributed by atoms with E-state index in [1.54, 1.807) is 43.3 Å². The zero-order chi connectivity index (χ0) is 24.5. The molecule has 0 aliphatic heterocycles. The van der Waals surface area contributed by atoms with Crippen molar-refractivity contribution in [2.75, 3.05) is 7.11 Å². The van der Waals surface area contributed by atoms with E-state index in [-0.39, 0.29) is 12.6 Å². The second kappa shape index (κ2) is 12.1. The standard InChI is InChI=1S/C25H23Cl2N3O4/c1-16(18-7-4-3-5-8-18)29-24(31)25(32)30-28-14-17-11-12-22(23(13-17)33-2)34-15-19-20(26)9-6-10-21(19)27/h3-14,16H,15H2,1-2H3,(H,29,31)(H,30,32)/b28-14-/t16-/m1/s1. The predicted molar refractivity (Wildman–Crippen MR) is 133 cm³/mol. The molecule has 3 aromatic carbocycles. The van der Waals surface area contributed by atoms with Crippen LogP contribution in [0.15, 0.2) is 71.8 Å². The highest BCUT2D eigenvalue weighted by molar-refractivity contribution is 6.36. The van der Waals surface area contributed by atoms with Gasteiger partial charge in [0.25, 0.3) is 0 Å². The topological polar surface area (TPSA) is 89.0 Å². The number of amides is 2.